The van der Waals surface area contributed by atoms with Gasteiger partial charge in [-0.15, -0.1) is 0 Å². The molecule has 0 saturated heterocycles. The second kappa shape index (κ2) is 6.74. The summed E-state index contributed by atoms with van der Waals surface area (Å²) >= 11 is 0. The molecule has 7 heteroatoms. The first-order valence-corrected chi connectivity index (χ1v) is 8.01. The maximum atomic E-state index is 12.5. The Balaban J connectivity index is 1.79. The highest BCUT2D eigenvalue weighted by molar-refractivity contribution is 5.56. The molecule has 0 aliphatic rings. The third-order valence-electron chi connectivity index (χ3n) is 4.02. The maximum absolute atomic E-state index is 12.5. The van der Waals surface area contributed by atoms with Gasteiger partial charge in [0.1, 0.15) is 5.82 Å². The molecule has 3 rings (SSSR count). The number of nitrogens with zero attached hydrogens (tertiary/aromatic N) is 3. The molecule has 0 fully saturated rings. The lowest BCUT2D eigenvalue weighted by atomic mass is 10.1. The van der Waals surface area contributed by atoms with Gasteiger partial charge >= 0.3 is 6.18 Å². The standard InChI is InChI=1S/C18H19F3N4/c1-12-9-16(24-23-12)10-13(2)25-8-7-22-17(25)15-5-3-14(4-6-15)11-18(19,20)21/h3-9,13H,10-11H2,1-2H3,(H,23,24). The van der Waals surface area contributed by atoms with Gasteiger partial charge in [-0.05, 0) is 25.5 Å². The summed E-state index contributed by atoms with van der Waals surface area (Å²) in [5, 5.41) is 7.17. The molecule has 1 N–H and O–H groups in total. The van der Waals surface area contributed by atoms with E-state index >= 15 is 0 Å². The number of aromatic amines is 1. The second-order valence-corrected chi connectivity index (χ2v) is 6.24. The van der Waals surface area contributed by atoms with Gasteiger partial charge in [-0.1, -0.05) is 24.3 Å². The van der Waals surface area contributed by atoms with E-state index in [0.717, 1.165) is 29.2 Å². The van der Waals surface area contributed by atoms with E-state index in [0.29, 0.717) is 0 Å². The largest absolute Gasteiger partial charge is 0.393 e. The normalized spacial score (nSPS) is 13.2. The van der Waals surface area contributed by atoms with Crippen LogP contribution in [0.5, 0.6) is 0 Å². The zero-order valence-electron chi connectivity index (χ0n) is 14.0. The van der Waals surface area contributed by atoms with Crippen LogP contribution in [-0.2, 0) is 12.8 Å². The van der Waals surface area contributed by atoms with Crippen LogP contribution in [0.25, 0.3) is 11.4 Å². The number of imidazole rings is 1. The fourth-order valence-electron chi connectivity index (χ4n) is 2.88. The van der Waals surface area contributed by atoms with Crippen LogP contribution < -0.4 is 0 Å². The second-order valence-electron chi connectivity index (χ2n) is 6.24. The van der Waals surface area contributed by atoms with Crippen LogP contribution in [-0.4, -0.2) is 25.9 Å². The van der Waals surface area contributed by atoms with E-state index in [9.17, 15) is 13.2 Å². The lowest BCUT2D eigenvalue weighted by Gasteiger charge is -2.16. The Morgan fingerprint density at radius 1 is 1.20 bits per heavy atom. The molecule has 2 aromatic heterocycles. The van der Waals surface area contributed by atoms with Crippen molar-refractivity contribution >= 4 is 0 Å². The first-order valence-electron chi connectivity index (χ1n) is 8.01. The predicted molar refractivity (Wildman–Crippen MR) is 89.2 cm³/mol. The Bertz CT molecular complexity index is 831. The molecule has 3 aromatic rings. The minimum Gasteiger partial charge on any atom is -0.328 e. The smallest absolute Gasteiger partial charge is 0.328 e. The molecule has 1 unspecified atom stereocenters. The van der Waals surface area contributed by atoms with Gasteiger partial charge in [0.05, 0.1) is 12.1 Å². The quantitative estimate of drug-likeness (QED) is 0.738. The van der Waals surface area contributed by atoms with Gasteiger partial charge in [0.2, 0.25) is 0 Å². The molecule has 0 aliphatic heterocycles. The topological polar surface area (TPSA) is 46.5 Å². The monoisotopic (exact) mass is 348 g/mol. The van der Waals surface area contributed by atoms with Crippen LogP contribution in [0.2, 0.25) is 0 Å². The molecule has 1 aromatic carbocycles. The van der Waals surface area contributed by atoms with Gasteiger partial charge in [0.25, 0.3) is 0 Å². The van der Waals surface area contributed by atoms with Crippen LogP contribution in [0.3, 0.4) is 0 Å². The third kappa shape index (κ3) is 4.29. The van der Waals surface area contributed by atoms with Crippen LogP contribution in [0.4, 0.5) is 13.2 Å². The molecule has 1 atom stereocenters. The molecule has 0 bridgehead atoms. The van der Waals surface area contributed by atoms with Gasteiger partial charge in [-0.3, -0.25) is 5.10 Å². The van der Waals surface area contributed by atoms with Crippen molar-refractivity contribution in [3.05, 3.63) is 59.7 Å². The van der Waals surface area contributed by atoms with E-state index < -0.39 is 12.6 Å². The van der Waals surface area contributed by atoms with E-state index in [-0.39, 0.29) is 11.6 Å². The highest BCUT2D eigenvalue weighted by atomic mass is 19.4. The summed E-state index contributed by atoms with van der Waals surface area (Å²) in [6, 6.07) is 8.50. The molecule has 0 saturated carbocycles. The van der Waals surface area contributed by atoms with E-state index in [4.69, 9.17) is 0 Å². The third-order valence-corrected chi connectivity index (χ3v) is 4.02. The average Bonchev–Trinajstić information content (AvgIpc) is 3.15. The van der Waals surface area contributed by atoms with Crippen molar-refractivity contribution in [2.75, 3.05) is 0 Å². The summed E-state index contributed by atoms with van der Waals surface area (Å²) < 4.78 is 39.4. The van der Waals surface area contributed by atoms with Crippen molar-refractivity contribution in [3.63, 3.8) is 0 Å². The summed E-state index contributed by atoms with van der Waals surface area (Å²) in [5.41, 5.74) is 3.01. The first kappa shape index (κ1) is 17.3. The molecule has 0 spiro atoms. The Hall–Kier alpha value is -2.57. The van der Waals surface area contributed by atoms with E-state index in [1.54, 1.807) is 18.3 Å². The molecule has 0 aliphatic carbocycles. The summed E-state index contributed by atoms with van der Waals surface area (Å²) in [5.74, 6) is 0.735. The van der Waals surface area contributed by atoms with Crippen LogP contribution in [0.1, 0.15) is 29.9 Å². The highest BCUT2D eigenvalue weighted by Gasteiger charge is 2.27. The fraction of sp³-hybridized carbons (Fsp3) is 0.333. The van der Waals surface area contributed by atoms with Crippen molar-refractivity contribution in [1.29, 1.82) is 0 Å². The van der Waals surface area contributed by atoms with Gasteiger partial charge in [-0.2, -0.15) is 18.3 Å². The molecule has 2 heterocycles. The number of hydrogen-bond acceptors (Lipinski definition) is 2. The number of hydrogen-bond donors (Lipinski definition) is 1. The van der Waals surface area contributed by atoms with Gasteiger partial charge in [0, 0.05) is 36.1 Å². The van der Waals surface area contributed by atoms with Crippen LogP contribution >= 0.6 is 0 Å². The highest BCUT2D eigenvalue weighted by Crippen LogP contribution is 2.26. The minimum absolute atomic E-state index is 0.120. The SMILES string of the molecule is Cc1cc(CC(C)n2ccnc2-c2ccc(CC(F)(F)F)cc2)n[nH]1. The van der Waals surface area contributed by atoms with Crippen LogP contribution in [0, 0.1) is 6.92 Å². The fourth-order valence-corrected chi connectivity index (χ4v) is 2.88. The van der Waals surface area contributed by atoms with E-state index in [1.807, 2.05) is 23.8 Å². The number of benzene rings is 1. The first-order chi connectivity index (χ1) is 11.8. The average molecular weight is 348 g/mol. The Morgan fingerprint density at radius 2 is 1.92 bits per heavy atom. The molecule has 25 heavy (non-hydrogen) atoms. The molecule has 132 valence electrons. The Morgan fingerprint density at radius 3 is 2.52 bits per heavy atom. The van der Waals surface area contributed by atoms with E-state index in [2.05, 4.69) is 22.1 Å². The van der Waals surface area contributed by atoms with Gasteiger partial charge in [0.15, 0.2) is 0 Å². The summed E-state index contributed by atoms with van der Waals surface area (Å²) in [7, 11) is 0. The Kier molecular flexibility index (Phi) is 4.65. The number of aryl methyl sites for hydroxylation is 1. The number of H-pyrrole nitrogens is 1. The van der Waals surface area contributed by atoms with E-state index in [1.165, 1.54) is 12.1 Å². The van der Waals surface area contributed by atoms with Crippen molar-refractivity contribution in [2.24, 2.45) is 0 Å². The number of rotatable bonds is 5. The minimum atomic E-state index is -4.20. The zero-order chi connectivity index (χ0) is 18.0. The number of nitrogens with one attached hydrogen (secondary N) is 1. The molecular weight excluding hydrogens is 329 g/mol. The molecular formula is C18H19F3N4. The van der Waals surface area contributed by atoms with Crippen LogP contribution in [0.15, 0.2) is 42.7 Å². The van der Waals surface area contributed by atoms with Gasteiger partial charge < -0.3 is 4.57 Å². The summed E-state index contributed by atoms with van der Waals surface area (Å²) in [6.07, 6.45) is -0.804. The summed E-state index contributed by atoms with van der Waals surface area (Å²) in [6.45, 7) is 4.01. The lowest BCUT2D eigenvalue weighted by Crippen LogP contribution is -2.11. The zero-order valence-corrected chi connectivity index (χ0v) is 14.0. The summed E-state index contributed by atoms with van der Waals surface area (Å²) in [4.78, 5) is 4.37. The predicted octanol–water partition coefficient (Wildman–Crippen LogP) is 4.49. The lowest BCUT2D eigenvalue weighted by molar-refractivity contribution is -0.127. The van der Waals surface area contributed by atoms with Crippen molar-refractivity contribution in [1.82, 2.24) is 19.7 Å². The van der Waals surface area contributed by atoms with Crippen molar-refractivity contribution < 1.29 is 13.2 Å². The maximum Gasteiger partial charge on any atom is 0.393 e. The molecule has 4 nitrogen and oxygen atoms in total. The molecule has 0 amide bonds. The molecule has 0 radical (unpaired) electrons. The number of alkyl halides is 3. The number of aromatic nitrogens is 4. The van der Waals surface area contributed by atoms with Crippen molar-refractivity contribution in [3.8, 4) is 11.4 Å². The number of halogens is 3. The van der Waals surface area contributed by atoms with Gasteiger partial charge in [-0.25, -0.2) is 4.98 Å². The Labute approximate surface area is 143 Å². The van der Waals surface area contributed by atoms with Crippen molar-refractivity contribution in [2.45, 2.75) is 38.9 Å².